The van der Waals surface area contributed by atoms with Gasteiger partial charge in [-0.1, -0.05) is 12.1 Å². The predicted octanol–water partition coefficient (Wildman–Crippen LogP) is 3.52. The highest BCUT2D eigenvalue weighted by atomic mass is 35.5. The fourth-order valence-electron chi connectivity index (χ4n) is 1.66. The van der Waals surface area contributed by atoms with Crippen molar-refractivity contribution in [1.29, 1.82) is 0 Å². The van der Waals surface area contributed by atoms with Crippen molar-refractivity contribution >= 4 is 26.7 Å². The minimum Gasteiger partial charge on any atom is -0.544 e. The number of rotatable bonds is 6. The molecule has 1 atom stereocenters. The van der Waals surface area contributed by atoms with E-state index in [4.69, 9.17) is 10.2 Å². The zero-order chi connectivity index (χ0) is 16.3. The maximum Gasteiger partial charge on any atom is 0.379 e. The Morgan fingerprint density at radius 3 is 2.18 bits per heavy atom. The minimum absolute atomic E-state index is 0. The Morgan fingerprint density at radius 1 is 1.27 bits per heavy atom. The highest BCUT2D eigenvalue weighted by Gasteiger charge is 2.47. The van der Waals surface area contributed by atoms with E-state index in [-0.39, 0.29) is 24.6 Å². The maximum absolute atomic E-state index is 13.8. The predicted molar refractivity (Wildman–Crippen MR) is 86.2 cm³/mol. The molecular weight excluding hydrogens is 332 g/mol. The van der Waals surface area contributed by atoms with Crippen molar-refractivity contribution in [3.05, 3.63) is 29.8 Å². The Hall–Kier alpha value is -1.18. The van der Waals surface area contributed by atoms with Gasteiger partial charge in [-0.25, -0.2) is 4.79 Å². The number of carbonyl (C=O) groups excluding carboxylic acids is 1. The summed E-state index contributed by atoms with van der Waals surface area (Å²) in [4.78, 5) is 11.3. The van der Waals surface area contributed by atoms with Crippen LogP contribution >= 0.6 is 12.4 Å². The summed E-state index contributed by atoms with van der Waals surface area (Å²) in [5, 5.41) is 0. The molecule has 0 aliphatic rings. The molecule has 0 amide bonds. The third kappa shape index (κ3) is 5.55. The molecule has 1 aromatic rings. The van der Waals surface area contributed by atoms with E-state index in [1.54, 1.807) is 12.1 Å². The lowest BCUT2D eigenvalue weighted by Gasteiger charge is -2.23. The smallest absolute Gasteiger partial charge is 0.379 e. The molecule has 0 aliphatic heterocycles. The summed E-state index contributed by atoms with van der Waals surface area (Å²) in [5.74, 6) is -4.78. The number of alkyl halides is 2. The van der Waals surface area contributed by atoms with Crippen molar-refractivity contribution < 1.29 is 22.7 Å². The summed E-state index contributed by atoms with van der Waals surface area (Å²) in [6.45, 7) is 7.39. The first-order valence-corrected chi connectivity index (χ1v) is 10.1. The van der Waals surface area contributed by atoms with Crippen LogP contribution in [0.15, 0.2) is 24.3 Å². The van der Waals surface area contributed by atoms with Crippen molar-refractivity contribution in [2.75, 3.05) is 6.61 Å². The van der Waals surface area contributed by atoms with Gasteiger partial charge in [-0.05, 0) is 44.3 Å². The quantitative estimate of drug-likeness (QED) is 0.628. The monoisotopic (exact) mass is 353 g/mol. The number of halogens is 3. The van der Waals surface area contributed by atoms with Gasteiger partial charge in [0, 0.05) is 0 Å². The molecule has 0 spiro atoms. The summed E-state index contributed by atoms with van der Waals surface area (Å²) in [5.41, 5.74) is 5.65. The summed E-state index contributed by atoms with van der Waals surface area (Å²) in [6, 6.07) is 4.28. The number of hydrogen-bond donors (Lipinski definition) is 1. The Morgan fingerprint density at radius 2 is 1.77 bits per heavy atom. The number of nitrogens with two attached hydrogens (primary N) is 1. The third-order valence-electron chi connectivity index (χ3n) is 2.60. The molecule has 0 fully saturated rings. The number of ether oxygens (including phenoxy) is 1. The van der Waals surface area contributed by atoms with E-state index in [0.717, 1.165) is 0 Å². The fourth-order valence-corrected chi connectivity index (χ4v) is 2.50. The molecule has 1 rings (SSSR count). The first-order chi connectivity index (χ1) is 9.58. The van der Waals surface area contributed by atoms with E-state index in [9.17, 15) is 13.6 Å². The minimum atomic E-state index is -3.77. The van der Waals surface area contributed by atoms with Crippen LogP contribution in [0.5, 0.6) is 5.75 Å². The van der Waals surface area contributed by atoms with E-state index in [1.165, 1.54) is 19.1 Å². The molecule has 4 nitrogen and oxygen atoms in total. The maximum atomic E-state index is 13.8. The molecule has 0 bridgehead atoms. The van der Waals surface area contributed by atoms with Crippen LogP contribution in [0.3, 0.4) is 0 Å². The summed E-state index contributed by atoms with van der Waals surface area (Å²) in [6.07, 6.45) is 0. The van der Waals surface area contributed by atoms with Crippen LogP contribution in [0, 0.1) is 0 Å². The molecule has 22 heavy (non-hydrogen) atoms. The lowest BCUT2D eigenvalue weighted by molar-refractivity contribution is -0.174. The lowest BCUT2D eigenvalue weighted by atomic mass is 10.0. The van der Waals surface area contributed by atoms with Gasteiger partial charge in [0.2, 0.25) is 8.32 Å². The van der Waals surface area contributed by atoms with Crippen LogP contribution in [-0.2, 0) is 9.53 Å². The molecule has 0 saturated heterocycles. The summed E-state index contributed by atoms with van der Waals surface area (Å²) >= 11 is 0. The standard InChI is InChI=1S/C14H21F2NO3Si.ClH/c1-5-19-13(18)14(15,16)12(17)10-6-8-11(9-7-10)20-21(2,3)4;/h6-9,12H,5,17H2,1-4H3;1H/t12-;/m0./s1. The third-order valence-corrected chi connectivity index (χ3v) is 3.45. The van der Waals surface area contributed by atoms with Crippen LogP contribution < -0.4 is 10.2 Å². The highest BCUT2D eigenvalue weighted by molar-refractivity contribution is 6.70. The van der Waals surface area contributed by atoms with Gasteiger partial charge >= 0.3 is 11.9 Å². The second-order valence-corrected chi connectivity index (χ2v) is 10.0. The van der Waals surface area contributed by atoms with Gasteiger partial charge in [0.25, 0.3) is 0 Å². The van der Waals surface area contributed by atoms with Crippen LogP contribution in [-0.4, -0.2) is 26.8 Å². The van der Waals surface area contributed by atoms with Gasteiger partial charge in [0.15, 0.2) is 0 Å². The molecule has 0 heterocycles. The zero-order valence-corrected chi connectivity index (χ0v) is 14.9. The first kappa shape index (κ1) is 20.8. The SMILES string of the molecule is CCOC(=O)C(F)(F)[C@@H](N)c1ccc(O[Si](C)(C)C)cc1.Cl. The molecule has 2 N–H and O–H groups in total. The number of carbonyl (C=O) groups is 1. The van der Waals surface area contributed by atoms with Crippen LogP contribution in [0.4, 0.5) is 8.78 Å². The molecule has 0 aromatic heterocycles. The van der Waals surface area contributed by atoms with Gasteiger partial charge in [0.05, 0.1) is 6.61 Å². The van der Waals surface area contributed by atoms with E-state index in [0.29, 0.717) is 5.75 Å². The van der Waals surface area contributed by atoms with Crippen molar-refractivity contribution in [3.8, 4) is 5.75 Å². The average molecular weight is 354 g/mol. The van der Waals surface area contributed by atoms with E-state index >= 15 is 0 Å². The van der Waals surface area contributed by atoms with Gasteiger partial charge in [-0.2, -0.15) is 8.78 Å². The number of esters is 1. The molecule has 0 unspecified atom stereocenters. The van der Waals surface area contributed by atoms with E-state index in [2.05, 4.69) is 4.74 Å². The van der Waals surface area contributed by atoms with Crippen LogP contribution in [0.25, 0.3) is 0 Å². The molecule has 1 aromatic carbocycles. The summed E-state index contributed by atoms with van der Waals surface area (Å²) < 4.78 is 37.7. The lowest BCUT2D eigenvalue weighted by Crippen LogP contribution is -2.41. The normalized spacial score (nSPS) is 13.0. The molecule has 8 heteroatoms. The molecule has 0 radical (unpaired) electrons. The van der Waals surface area contributed by atoms with Crippen molar-refractivity contribution in [2.24, 2.45) is 5.73 Å². The van der Waals surface area contributed by atoms with Gasteiger partial charge in [0.1, 0.15) is 11.8 Å². The van der Waals surface area contributed by atoms with Crippen LogP contribution in [0.1, 0.15) is 18.5 Å². The Bertz CT molecular complexity index is 492. The summed E-state index contributed by atoms with van der Waals surface area (Å²) in [7, 11) is -1.76. The average Bonchev–Trinajstić information content (AvgIpc) is 2.37. The van der Waals surface area contributed by atoms with Crippen LogP contribution in [0.2, 0.25) is 19.6 Å². The van der Waals surface area contributed by atoms with Crippen molar-refractivity contribution in [1.82, 2.24) is 0 Å². The second-order valence-electron chi connectivity index (χ2n) is 5.60. The van der Waals surface area contributed by atoms with E-state index in [1.807, 2.05) is 19.6 Å². The number of benzene rings is 1. The molecule has 0 saturated carbocycles. The van der Waals surface area contributed by atoms with Crippen molar-refractivity contribution in [2.45, 2.75) is 38.5 Å². The largest absolute Gasteiger partial charge is 0.544 e. The zero-order valence-electron chi connectivity index (χ0n) is 13.1. The molecule has 126 valence electrons. The Labute approximate surface area is 136 Å². The van der Waals surface area contributed by atoms with Gasteiger partial charge < -0.3 is 14.9 Å². The Kier molecular flexibility index (Phi) is 7.47. The first-order valence-electron chi connectivity index (χ1n) is 6.67. The highest BCUT2D eigenvalue weighted by Crippen LogP contribution is 2.31. The Balaban J connectivity index is 0.00000441. The fraction of sp³-hybridized carbons (Fsp3) is 0.500. The van der Waals surface area contributed by atoms with Gasteiger partial charge in [-0.15, -0.1) is 12.4 Å². The topological polar surface area (TPSA) is 61.5 Å². The molecule has 0 aliphatic carbocycles. The number of hydrogen-bond acceptors (Lipinski definition) is 4. The molecular formula is C14H22ClF2NO3Si. The van der Waals surface area contributed by atoms with Crippen molar-refractivity contribution in [3.63, 3.8) is 0 Å². The van der Waals surface area contributed by atoms with Gasteiger partial charge in [-0.3, -0.25) is 0 Å². The van der Waals surface area contributed by atoms with E-state index < -0.39 is 26.3 Å². The second kappa shape index (κ2) is 7.89.